The van der Waals surface area contributed by atoms with Crippen LogP contribution in [0.3, 0.4) is 0 Å². The number of hydrogen-bond acceptors (Lipinski definition) is 2. The molecule has 2 nitrogen and oxygen atoms in total. The van der Waals surface area contributed by atoms with E-state index in [2.05, 4.69) is 4.74 Å². The molecule has 0 saturated carbocycles. The van der Waals surface area contributed by atoms with Crippen LogP contribution in [-0.4, -0.2) is 6.36 Å². The fraction of sp³-hybridized carbons (Fsp3) is 0.143. The Labute approximate surface area is 118 Å². The maximum atomic E-state index is 12.2. The van der Waals surface area contributed by atoms with Crippen molar-refractivity contribution in [2.75, 3.05) is 0 Å². The van der Waals surface area contributed by atoms with E-state index in [1.807, 2.05) is 0 Å². The second-order valence-corrected chi connectivity index (χ2v) is 4.50. The van der Waals surface area contributed by atoms with Gasteiger partial charge < -0.3 is 10.5 Å². The van der Waals surface area contributed by atoms with Gasteiger partial charge in [-0.1, -0.05) is 29.8 Å². The van der Waals surface area contributed by atoms with Crippen molar-refractivity contribution >= 4 is 11.6 Å². The third-order valence-corrected chi connectivity index (χ3v) is 2.97. The van der Waals surface area contributed by atoms with Crippen LogP contribution in [0.4, 0.5) is 13.2 Å². The molecule has 0 unspecified atom stereocenters. The predicted octanol–water partition coefficient (Wildman–Crippen LogP) is 4.36. The number of halogens is 4. The van der Waals surface area contributed by atoms with Gasteiger partial charge in [0.15, 0.2) is 0 Å². The monoisotopic (exact) mass is 301 g/mol. The summed E-state index contributed by atoms with van der Waals surface area (Å²) in [6.07, 6.45) is -4.72. The van der Waals surface area contributed by atoms with E-state index in [0.717, 1.165) is 5.56 Å². The summed E-state index contributed by atoms with van der Waals surface area (Å²) in [7, 11) is 0. The van der Waals surface area contributed by atoms with Crippen LogP contribution in [0.25, 0.3) is 11.1 Å². The number of hydrogen-bond donors (Lipinski definition) is 1. The van der Waals surface area contributed by atoms with Gasteiger partial charge in [0.05, 0.1) is 0 Å². The van der Waals surface area contributed by atoms with E-state index in [0.29, 0.717) is 22.7 Å². The molecule has 2 aromatic rings. The molecule has 0 amide bonds. The molecule has 0 heterocycles. The van der Waals surface area contributed by atoms with Crippen LogP contribution in [0.15, 0.2) is 42.5 Å². The first-order chi connectivity index (χ1) is 9.39. The number of ether oxygens (including phenoxy) is 1. The van der Waals surface area contributed by atoms with Crippen molar-refractivity contribution in [1.29, 1.82) is 0 Å². The molecule has 0 aliphatic heterocycles. The van der Waals surface area contributed by atoms with Gasteiger partial charge in [0.2, 0.25) is 0 Å². The van der Waals surface area contributed by atoms with Crippen molar-refractivity contribution < 1.29 is 17.9 Å². The van der Waals surface area contributed by atoms with E-state index >= 15 is 0 Å². The minimum Gasteiger partial charge on any atom is -0.406 e. The molecule has 0 aromatic heterocycles. The summed E-state index contributed by atoms with van der Waals surface area (Å²) >= 11 is 6.07. The molecule has 0 aliphatic rings. The molecule has 0 radical (unpaired) electrons. The zero-order valence-electron chi connectivity index (χ0n) is 10.2. The Balaban J connectivity index is 2.40. The standard InChI is InChI=1S/C14H11ClF3NO/c15-13-5-4-9(8-19)6-12(13)10-2-1-3-11(7-10)20-14(16,17)18/h1-7H,8,19H2. The zero-order chi connectivity index (χ0) is 14.8. The predicted molar refractivity (Wildman–Crippen MR) is 71.5 cm³/mol. The second kappa shape index (κ2) is 5.73. The lowest BCUT2D eigenvalue weighted by Gasteiger charge is -2.11. The maximum Gasteiger partial charge on any atom is 0.573 e. The number of rotatable bonds is 3. The summed E-state index contributed by atoms with van der Waals surface area (Å²) in [5, 5.41) is 0.436. The van der Waals surface area contributed by atoms with Crippen molar-refractivity contribution in [3.63, 3.8) is 0 Å². The quantitative estimate of drug-likeness (QED) is 0.914. The largest absolute Gasteiger partial charge is 0.573 e. The molecule has 0 aliphatic carbocycles. The van der Waals surface area contributed by atoms with E-state index in [9.17, 15) is 13.2 Å². The number of alkyl halides is 3. The summed E-state index contributed by atoms with van der Waals surface area (Å²) < 4.78 is 40.5. The van der Waals surface area contributed by atoms with Crippen molar-refractivity contribution in [3.8, 4) is 16.9 Å². The lowest BCUT2D eigenvalue weighted by Crippen LogP contribution is -2.17. The highest BCUT2D eigenvalue weighted by molar-refractivity contribution is 6.33. The molecule has 20 heavy (non-hydrogen) atoms. The Morgan fingerprint density at radius 3 is 2.50 bits per heavy atom. The van der Waals surface area contributed by atoms with Crippen LogP contribution in [0.1, 0.15) is 5.56 Å². The summed E-state index contributed by atoms with van der Waals surface area (Å²) in [6, 6.07) is 10.8. The molecule has 0 bridgehead atoms. The van der Waals surface area contributed by atoms with Crippen LogP contribution in [0.5, 0.6) is 5.75 Å². The van der Waals surface area contributed by atoms with Gasteiger partial charge in [-0.2, -0.15) is 0 Å². The van der Waals surface area contributed by atoms with Crippen LogP contribution in [0.2, 0.25) is 5.02 Å². The number of nitrogens with two attached hydrogens (primary N) is 1. The summed E-state index contributed by atoms with van der Waals surface area (Å²) in [4.78, 5) is 0. The van der Waals surface area contributed by atoms with Gasteiger partial charge >= 0.3 is 6.36 Å². The van der Waals surface area contributed by atoms with Crippen LogP contribution in [-0.2, 0) is 6.54 Å². The fourth-order valence-electron chi connectivity index (χ4n) is 1.78. The van der Waals surface area contributed by atoms with Gasteiger partial charge in [0.1, 0.15) is 5.75 Å². The van der Waals surface area contributed by atoms with Crippen molar-refractivity contribution in [2.24, 2.45) is 5.73 Å². The third-order valence-electron chi connectivity index (χ3n) is 2.65. The van der Waals surface area contributed by atoms with E-state index in [4.69, 9.17) is 17.3 Å². The summed E-state index contributed by atoms with van der Waals surface area (Å²) in [5.41, 5.74) is 7.53. The second-order valence-electron chi connectivity index (χ2n) is 4.09. The van der Waals surface area contributed by atoms with E-state index < -0.39 is 6.36 Å². The molecule has 0 fully saturated rings. The molecule has 2 aromatic carbocycles. The molecule has 2 rings (SSSR count). The van der Waals surface area contributed by atoms with Gasteiger partial charge in [-0.25, -0.2) is 0 Å². The first kappa shape index (κ1) is 14.7. The lowest BCUT2D eigenvalue weighted by molar-refractivity contribution is -0.274. The van der Waals surface area contributed by atoms with Crippen LogP contribution >= 0.6 is 11.6 Å². The summed E-state index contributed by atoms with van der Waals surface area (Å²) in [5.74, 6) is -0.288. The fourth-order valence-corrected chi connectivity index (χ4v) is 2.01. The van der Waals surface area contributed by atoms with E-state index in [-0.39, 0.29) is 5.75 Å². The molecule has 2 N–H and O–H groups in total. The highest BCUT2D eigenvalue weighted by atomic mass is 35.5. The van der Waals surface area contributed by atoms with Crippen molar-refractivity contribution in [2.45, 2.75) is 12.9 Å². The zero-order valence-corrected chi connectivity index (χ0v) is 11.0. The Morgan fingerprint density at radius 2 is 1.85 bits per heavy atom. The summed E-state index contributed by atoms with van der Waals surface area (Å²) in [6.45, 7) is 0.322. The first-order valence-corrected chi connectivity index (χ1v) is 6.11. The molecule has 0 saturated heterocycles. The first-order valence-electron chi connectivity index (χ1n) is 5.74. The molecule has 0 atom stereocenters. The maximum absolute atomic E-state index is 12.2. The Morgan fingerprint density at radius 1 is 1.10 bits per heavy atom. The van der Waals surface area contributed by atoms with Crippen LogP contribution in [0, 0.1) is 0 Å². The molecule has 106 valence electrons. The SMILES string of the molecule is NCc1ccc(Cl)c(-c2cccc(OC(F)(F)F)c2)c1. The minimum absolute atomic E-state index is 0.288. The highest BCUT2D eigenvalue weighted by Crippen LogP contribution is 2.32. The smallest absolute Gasteiger partial charge is 0.406 e. The van der Waals surface area contributed by atoms with E-state index in [1.165, 1.54) is 18.2 Å². The highest BCUT2D eigenvalue weighted by Gasteiger charge is 2.31. The Bertz CT molecular complexity index is 614. The lowest BCUT2D eigenvalue weighted by atomic mass is 10.0. The number of benzene rings is 2. The average molecular weight is 302 g/mol. The Hall–Kier alpha value is -1.72. The minimum atomic E-state index is -4.72. The molecular formula is C14H11ClF3NO. The van der Waals surface area contributed by atoms with Crippen molar-refractivity contribution in [1.82, 2.24) is 0 Å². The topological polar surface area (TPSA) is 35.2 Å². The normalized spacial score (nSPS) is 11.4. The van der Waals surface area contributed by atoms with Gasteiger partial charge in [-0.05, 0) is 35.4 Å². The molecule has 6 heteroatoms. The van der Waals surface area contributed by atoms with Gasteiger partial charge in [-0.15, -0.1) is 13.2 Å². The van der Waals surface area contributed by atoms with Crippen molar-refractivity contribution in [3.05, 3.63) is 53.1 Å². The molecule has 0 spiro atoms. The van der Waals surface area contributed by atoms with E-state index in [1.54, 1.807) is 24.3 Å². The van der Waals surface area contributed by atoms with Gasteiger partial charge in [0.25, 0.3) is 0 Å². The third kappa shape index (κ3) is 3.65. The Kier molecular flexibility index (Phi) is 4.20. The van der Waals surface area contributed by atoms with Gasteiger partial charge in [0, 0.05) is 17.1 Å². The average Bonchev–Trinajstić information content (AvgIpc) is 2.37. The van der Waals surface area contributed by atoms with Gasteiger partial charge in [-0.3, -0.25) is 0 Å². The molecular weight excluding hydrogens is 291 g/mol. The van der Waals surface area contributed by atoms with Crippen LogP contribution < -0.4 is 10.5 Å².